The van der Waals surface area contributed by atoms with Crippen molar-refractivity contribution in [2.45, 2.75) is 31.6 Å². The fourth-order valence-corrected chi connectivity index (χ4v) is 4.60. The Balaban J connectivity index is 1.34. The van der Waals surface area contributed by atoms with Gasteiger partial charge in [0.1, 0.15) is 0 Å². The van der Waals surface area contributed by atoms with Crippen molar-refractivity contribution in [1.82, 2.24) is 4.90 Å². The zero-order valence-electron chi connectivity index (χ0n) is 16.8. The molecule has 0 spiro atoms. The smallest absolute Gasteiger partial charge is 0.332 e. The number of aliphatic carboxylic acids is 1. The van der Waals surface area contributed by atoms with Crippen LogP contribution in [0.1, 0.15) is 41.0 Å². The third-order valence-corrected chi connectivity index (χ3v) is 6.13. The molecule has 0 saturated heterocycles. The Kier molecular flexibility index (Phi) is 6.43. The normalized spacial score (nSPS) is 17.2. The molecule has 1 aliphatic carbocycles. The Labute approximate surface area is 172 Å². The van der Waals surface area contributed by atoms with E-state index in [-0.39, 0.29) is 0 Å². The molecule has 0 aromatic heterocycles. The van der Waals surface area contributed by atoms with E-state index >= 15 is 0 Å². The van der Waals surface area contributed by atoms with Crippen LogP contribution in [0.25, 0.3) is 0 Å². The van der Waals surface area contributed by atoms with E-state index in [1.165, 1.54) is 22.3 Å². The minimum absolute atomic E-state index is 0.376. The topological polar surface area (TPSA) is 49.8 Å². The second-order valence-corrected chi connectivity index (χ2v) is 7.95. The van der Waals surface area contributed by atoms with Crippen molar-refractivity contribution >= 4 is 5.97 Å². The van der Waals surface area contributed by atoms with E-state index in [0.29, 0.717) is 31.2 Å². The van der Waals surface area contributed by atoms with Gasteiger partial charge in [-0.3, -0.25) is 4.90 Å². The lowest BCUT2D eigenvalue weighted by Gasteiger charge is -2.25. The van der Waals surface area contributed by atoms with Crippen LogP contribution in [-0.2, 0) is 22.4 Å². The molecule has 0 bridgehead atoms. The van der Waals surface area contributed by atoms with Crippen LogP contribution in [0.15, 0.2) is 60.2 Å². The molecular weight excluding hydrogens is 362 g/mol. The minimum Gasteiger partial charge on any atom is -0.478 e. The van der Waals surface area contributed by atoms with E-state index in [1.54, 1.807) is 0 Å². The Morgan fingerprint density at radius 2 is 1.66 bits per heavy atom. The molecule has 0 radical (unpaired) electrons. The molecular formula is C25H29NO3. The maximum absolute atomic E-state index is 11.2. The lowest BCUT2D eigenvalue weighted by Crippen LogP contribution is -2.34. The second kappa shape index (κ2) is 9.38. The van der Waals surface area contributed by atoms with Crippen molar-refractivity contribution in [3.63, 3.8) is 0 Å². The zero-order valence-corrected chi connectivity index (χ0v) is 16.8. The summed E-state index contributed by atoms with van der Waals surface area (Å²) in [5.41, 5.74) is 6.29. The Morgan fingerprint density at radius 3 is 2.31 bits per heavy atom. The van der Waals surface area contributed by atoms with Crippen molar-refractivity contribution in [2.24, 2.45) is 0 Å². The molecule has 0 amide bonds. The van der Waals surface area contributed by atoms with Crippen LogP contribution in [0.5, 0.6) is 0 Å². The zero-order chi connectivity index (χ0) is 20.1. The molecule has 4 rings (SSSR count). The van der Waals surface area contributed by atoms with Crippen LogP contribution >= 0.6 is 0 Å². The van der Waals surface area contributed by atoms with Crippen LogP contribution in [0.3, 0.4) is 0 Å². The van der Waals surface area contributed by atoms with Gasteiger partial charge in [0.2, 0.25) is 0 Å². The predicted octanol–water partition coefficient (Wildman–Crippen LogP) is 4.04. The number of rotatable bonds is 7. The lowest BCUT2D eigenvalue weighted by molar-refractivity contribution is -0.133. The summed E-state index contributed by atoms with van der Waals surface area (Å²) in [6.07, 6.45) is 5.80. The molecule has 0 fully saturated rings. The van der Waals surface area contributed by atoms with Crippen LogP contribution in [-0.4, -0.2) is 48.8 Å². The highest BCUT2D eigenvalue weighted by molar-refractivity contribution is 5.87. The molecule has 0 saturated carbocycles. The van der Waals surface area contributed by atoms with E-state index in [0.717, 1.165) is 38.8 Å². The Morgan fingerprint density at radius 1 is 1.00 bits per heavy atom. The number of carboxylic acids is 1. The highest BCUT2D eigenvalue weighted by atomic mass is 16.5. The van der Waals surface area contributed by atoms with Gasteiger partial charge in [-0.15, -0.1) is 0 Å². The first-order valence-corrected chi connectivity index (χ1v) is 10.6. The van der Waals surface area contributed by atoms with Crippen molar-refractivity contribution < 1.29 is 14.6 Å². The molecule has 4 nitrogen and oxygen atoms in total. The molecule has 0 unspecified atom stereocenters. The molecule has 29 heavy (non-hydrogen) atoms. The van der Waals surface area contributed by atoms with Gasteiger partial charge in [0.25, 0.3) is 0 Å². The molecule has 0 atom stereocenters. The van der Waals surface area contributed by atoms with Crippen molar-refractivity contribution in [3.8, 4) is 0 Å². The minimum atomic E-state index is -0.804. The van der Waals surface area contributed by atoms with E-state index in [4.69, 9.17) is 9.84 Å². The first kappa shape index (κ1) is 19.9. The van der Waals surface area contributed by atoms with Gasteiger partial charge in [0.15, 0.2) is 0 Å². The first-order chi connectivity index (χ1) is 14.2. The van der Waals surface area contributed by atoms with Gasteiger partial charge >= 0.3 is 5.97 Å². The average molecular weight is 392 g/mol. The predicted molar refractivity (Wildman–Crippen MR) is 114 cm³/mol. The van der Waals surface area contributed by atoms with Gasteiger partial charge in [0.05, 0.1) is 6.61 Å². The maximum Gasteiger partial charge on any atom is 0.332 e. The number of carbonyl (C=O) groups is 1. The van der Waals surface area contributed by atoms with Gasteiger partial charge in [-0.1, -0.05) is 54.6 Å². The van der Waals surface area contributed by atoms with E-state index in [2.05, 4.69) is 53.4 Å². The van der Waals surface area contributed by atoms with Crippen molar-refractivity contribution in [2.75, 3.05) is 32.8 Å². The number of nitrogens with zero attached hydrogens (tertiary/aromatic N) is 1. The van der Waals surface area contributed by atoms with Crippen LogP contribution in [0.2, 0.25) is 0 Å². The fraction of sp³-hybridized carbons (Fsp3) is 0.400. The number of hydrogen-bond acceptors (Lipinski definition) is 3. The molecule has 2 aromatic rings. The summed E-state index contributed by atoms with van der Waals surface area (Å²) >= 11 is 0. The number of benzene rings is 2. The van der Waals surface area contributed by atoms with Crippen LogP contribution < -0.4 is 0 Å². The number of fused-ring (bicyclic) bond motifs is 2. The SMILES string of the molecule is O=C(O)C1=CCCN(CCOCCC2c3ccccc3CCc3ccccc32)C1. The summed E-state index contributed by atoms with van der Waals surface area (Å²) in [5.74, 6) is -0.428. The average Bonchev–Trinajstić information content (AvgIpc) is 2.91. The molecule has 4 heteroatoms. The molecule has 2 aromatic carbocycles. The number of ether oxygens (including phenoxy) is 1. The Bertz CT molecular complexity index is 842. The van der Waals surface area contributed by atoms with Gasteiger partial charge in [-0.2, -0.15) is 0 Å². The van der Waals surface area contributed by atoms with Gasteiger partial charge in [-0.05, 0) is 47.9 Å². The fourth-order valence-electron chi connectivity index (χ4n) is 4.60. The van der Waals surface area contributed by atoms with Gasteiger partial charge in [0, 0.05) is 37.7 Å². The van der Waals surface area contributed by atoms with Crippen LogP contribution in [0, 0.1) is 0 Å². The number of carboxylic acid groups (broad SMARTS) is 1. The highest BCUT2D eigenvalue weighted by Gasteiger charge is 2.23. The summed E-state index contributed by atoms with van der Waals surface area (Å²) in [7, 11) is 0. The third-order valence-electron chi connectivity index (χ3n) is 6.13. The van der Waals surface area contributed by atoms with E-state index < -0.39 is 5.97 Å². The van der Waals surface area contributed by atoms with E-state index in [9.17, 15) is 4.79 Å². The second-order valence-electron chi connectivity index (χ2n) is 7.95. The first-order valence-electron chi connectivity index (χ1n) is 10.6. The van der Waals surface area contributed by atoms with Gasteiger partial charge in [-0.25, -0.2) is 4.79 Å². The standard InChI is InChI=1S/C25H29NO3/c27-25(28)21-8-5-14-26(18-21)15-17-29-16-13-24-22-9-3-1-6-19(22)11-12-20-7-2-4-10-23(20)24/h1-4,6-10,24H,5,11-18H2,(H,27,28). The number of hydrogen-bond donors (Lipinski definition) is 1. The Hall–Kier alpha value is -2.43. The summed E-state index contributed by atoms with van der Waals surface area (Å²) in [6.45, 7) is 3.56. The third kappa shape index (κ3) is 4.77. The summed E-state index contributed by atoms with van der Waals surface area (Å²) in [6, 6.07) is 17.6. The maximum atomic E-state index is 11.2. The molecule has 152 valence electrons. The van der Waals surface area contributed by atoms with Crippen molar-refractivity contribution in [3.05, 3.63) is 82.4 Å². The van der Waals surface area contributed by atoms with E-state index in [1.807, 2.05) is 6.08 Å². The summed E-state index contributed by atoms with van der Waals surface area (Å²) < 4.78 is 6.00. The molecule has 1 N–H and O–H groups in total. The van der Waals surface area contributed by atoms with Gasteiger partial charge < -0.3 is 9.84 Å². The highest BCUT2D eigenvalue weighted by Crippen LogP contribution is 2.36. The van der Waals surface area contributed by atoms with Crippen LogP contribution in [0.4, 0.5) is 0 Å². The lowest BCUT2D eigenvalue weighted by atomic mass is 9.86. The number of aryl methyl sites for hydroxylation is 2. The monoisotopic (exact) mass is 391 g/mol. The molecule has 1 aliphatic heterocycles. The largest absolute Gasteiger partial charge is 0.478 e. The molecule has 2 aliphatic rings. The summed E-state index contributed by atoms with van der Waals surface area (Å²) in [4.78, 5) is 13.3. The van der Waals surface area contributed by atoms with Crippen molar-refractivity contribution in [1.29, 1.82) is 0 Å². The quantitative estimate of drug-likeness (QED) is 0.724. The molecule has 1 heterocycles. The summed E-state index contributed by atoms with van der Waals surface area (Å²) in [5, 5.41) is 9.17.